The van der Waals surface area contributed by atoms with Crippen molar-refractivity contribution >= 4 is 11.6 Å². The fourth-order valence-corrected chi connectivity index (χ4v) is 2.20. The highest BCUT2D eigenvalue weighted by Crippen LogP contribution is 2.15. The van der Waals surface area contributed by atoms with Crippen LogP contribution in [-0.4, -0.2) is 18.2 Å². The third-order valence-corrected chi connectivity index (χ3v) is 3.38. The predicted octanol–water partition coefficient (Wildman–Crippen LogP) is 3.53. The summed E-state index contributed by atoms with van der Waals surface area (Å²) >= 11 is 0. The number of benzene rings is 2. The Bertz CT molecular complexity index is 698. The summed E-state index contributed by atoms with van der Waals surface area (Å²) in [6.07, 6.45) is 0. The quantitative estimate of drug-likeness (QED) is 0.678. The van der Waals surface area contributed by atoms with Crippen molar-refractivity contribution in [3.8, 4) is 5.75 Å². The van der Waals surface area contributed by atoms with Crippen molar-refractivity contribution in [1.29, 1.82) is 0 Å². The molecule has 0 heterocycles. The van der Waals surface area contributed by atoms with Gasteiger partial charge in [-0.15, -0.1) is 0 Å². The number of ether oxygens (including phenoxy) is 1. The molecule has 0 aliphatic heterocycles. The van der Waals surface area contributed by atoms with E-state index in [1.807, 2.05) is 64.1 Å². The van der Waals surface area contributed by atoms with Gasteiger partial charge < -0.3 is 4.74 Å². The Kier molecular flexibility index (Phi) is 5.52. The van der Waals surface area contributed by atoms with Crippen LogP contribution in [0.15, 0.2) is 47.6 Å². The highest BCUT2D eigenvalue weighted by molar-refractivity contribution is 5.99. The third-order valence-electron chi connectivity index (χ3n) is 3.38. The average Bonchev–Trinajstić information content (AvgIpc) is 2.50. The van der Waals surface area contributed by atoms with E-state index in [0.29, 0.717) is 5.75 Å². The maximum atomic E-state index is 11.8. The van der Waals surface area contributed by atoms with Gasteiger partial charge in [0.05, 0.1) is 5.71 Å². The fraction of sp³-hybridized carbons (Fsp3) is 0.263. The summed E-state index contributed by atoms with van der Waals surface area (Å²) < 4.78 is 5.50. The van der Waals surface area contributed by atoms with Crippen molar-refractivity contribution in [2.45, 2.75) is 27.7 Å². The van der Waals surface area contributed by atoms with E-state index in [-0.39, 0.29) is 12.5 Å². The number of hydrogen-bond donors (Lipinski definition) is 1. The molecule has 0 radical (unpaired) electrons. The number of carbonyl (C=O) groups excluding carboxylic acids is 1. The second kappa shape index (κ2) is 7.58. The third kappa shape index (κ3) is 5.25. The van der Waals surface area contributed by atoms with Crippen LogP contribution < -0.4 is 10.2 Å². The largest absolute Gasteiger partial charge is 0.484 e. The maximum Gasteiger partial charge on any atom is 0.277 e. The number of amides is 1. The van der Waals surface area contributed by atoms with Gasteiger partial charge in [0, 0.05) is 0 Å². The molecule has 2 aromatic carbocycles. The lowest BCUT2D eigenvalue weighted by Gasteiger charge is -2.08. The summed E-state index contributed by atoms with van der Waals surface area (Å²) in [4.78, 5) is 11.8. The van der Waals surface area contributed by atoms with Gasteiger partial charge in [0.15, 0.2) is 6.61 Å². The number of carbonyl (C=O) groups is 1. The number of aryl methyl sites for hydroxylation is 3. The Labute approximate surface area is 137 Å². The lowest BCUT2D eigenvalue weighted by molar-refractivity contribution is -0.123. The second-order valence-corrected chi connectivity index (χ2v) is 5.71. The van der Waals surface area contributed by atoms with E-state index in [1.165, 1.54) is 5.56 Å². The van der Waals surface area contributed by atoms with E-state index < -0.39 is 0 Å². The van der Waals surface area contributed by atoms with E-state index in [2.05, 4.69) is 16.6 Å². The zero-order chi connectivity index (χ0) is 16.8. The molecule has 0 aliphatic carbocycles. The van der Waals surface area contributed by atoms with E-state index in [1.54, 1.807) is 0 Å². The Morgan fingerprint density at radius 1 is 1.00 bits per heavy atom. The van der Waals surface area contributed by atoms with Crippen LogP contribution in [0, 0.1) is 20.8 Å². The summed E-state index contributed by atoms with van der Waals surface area (Å²) in [5.74, 6) is 0.410. The Morgan fingerprint density at radius 2 is 1.61 bits per heavy atom. The minimum absolute atomic E-state index is 0.0619. The molecule has 2 rings (SSSR count). The molecule has 0 saturated carbocycles. The summed E-state index contributed by atoms with van der Waals surface area (Å²) in [6, 6.07) is 13.8. The number of nitrogens with one attached hydrogen (secondary N) is 1. The van der Waals surface area contributed by atoms with Crippen LogP contribution in [0.3, 0.4) is 0 Å². The summed E-state index contributed by atoms with van der Waals surface area (Å²) in [5.41, 5.74) is 7.65. The molecule has 0 spiro atoms. The first-order chi connectivity index (χ1) is 10.9. The van der Waals surface area contributed by atoms with Gasteiger partial charge in [-0.25, -0.2) is 5.43 Å². The SMILES string of the molecule is C/C(=N\NC(=O)COc1cc(C)cc(C)c1)c1ccc(C)cc1. The van der Waals surface area contributed by atoms with Crippen LogP contribution in [0.4, 0.5) is 0 Å². The molecular weight excluding hydrogens is 288 g/mol. The molecule has 0 aromatic heterocycles. The van der Waals surface area contributed by atoms with Crippen LogP contribution in [0.5, 0.6) is 5.75 Å². The summed E-state index contributed by atoms with van der Waals surface area (Å²) in [6.45, 7) is 7.82. The van der Waals surface area contributed by atoms with Gasteiger partial charge in [0.25, 0.3) is 5.91 Å². The van der Waals surface area contributed by atoms with E-state index in [9.17, 15) is 4.79 Å². The van der Waals surface area contributed by atoms with Crippen molar-refractivity contribution < 1.29 is 9.53 Å². The molecule has 1 N–H and O–H groups in total. The van der Waals surface area contributed by atoms with Gasteiger partial charge in [0.1, 0.15) is 5.75 Å². The van der Waals surface area contributed by atoms with Gasteiger partial charge in [0.2, 0.25) is 0 Å². The molecule has 4 heteroatoms. The van der Waals surface area contributed by atoms with Gasteiger partial charge >= 0.3 is 0 Å². The van der Waals surface area contributed by atoms with Crippen LogP contribution in [0.1, 0.15) is 29.2 Å². The highest BCUT2D eigenvalue weighted by Gasteiger charge is 2.04. The van der Waals surface area contributed by atoms with Crippen molar-refractivity contribution in [2.75, 3.05) is 6.61 Å². The number of hydrogen-bond acceptors (Lipinski definition) is 3. The smallest absolute Gasteiger partial charge is 0.277 e. The van der Waals surface area contributed by atoms with E-state index >= 15 is 0 Å². The minimum Gasteiger partial charge on any atom is -0.484 e. The standard InChI is InChI=1S/C19H22N2O2/c1-13-5-7-17(8-6-13)16(4)20-21-19(22)12-23-18-10-14(2)9-15(3)11-18/h5-11H,12H2,1-4H3,(H,21,22)/b20-16+. The molecule has 1 amide bonds. The van der Waals surface area contributed by atoms with E-state index in [0.717, 1.165) is 22.4 Å². The van der Waals surface area contributed by atoms with Gasteiger partial charge in [-0.05, 0) is 56.5 Å². The zero-order valence-corrected chi connectivity index (χ0v) is 14.0. The molecule has 120 valence electrons. The highest BCUT2D eigenvalue weighted by atomic mass is 16.5. The van der Waals surface area contributed by atoms with Crippen LogP contribution in [-0.2, 0) is 4.79 Å². The lowest BCUT2D eigenvalue weighted by Crippen LogP contribution is -2.25. The molecule has 0 atom stereocenters. The molecule has 0 saturated heterocycles. The topological polar surface area (TPSA) is 50.7 Å². The molecule has 0 unspecified atom stereocenters. The maximum absolute atomic E-state index is 11.8. The molecule has 0 fully saturated rings. The Balaban J connectivity index is 1.89. The molecule has 0 bridgehead atoms. The zero-order valence-electron chi connectivity index (χ0n) is 14.0. The first-order valence-electron chi connectivity index (χ1n) is 7.55. The Hall–Kier alpha value is -2.62. The summed E-state index contributed by atoms with van der Waals surface area (Å²) in [5, 5.41) is 4.11. The fourth-order valence-electron chi connectivity index (χ4n) is 2.20. The number of nitrogens with zero attached hydrogens (tertiary/aromatic N) is 1. The molecule has 23 heavy (non-hydrogen) atoms. The molecule has 2 aromatic rings. The summed E-state index contributed by atoms with van der Waals surface area (Å²) in [7, 11) is 0. The number of hydrazone groups is 1. The number of rotatable bonds is 5. The molecular formula is C19H22N2O2. The van der Waals surface area contributed by atoms with Crippen molar-refractivity contribution in [1.82, 2.24) is 5.43 Å². The lowest BCUT2D eigenvalue weighted by atomic mass is 10.1. The minimum atomic E-state index is -0.282. The molecule has 4 nitrogen and oxygen atoms in total. The van der Waals surface area contributed by atoms with Crippen LogP contribution in [0.25, 0.3) is 0 Å². The normalized spacial score (nSPS) is 11.2. The van der Waals surface area contributed by atoms with Gasteiger partial charge in [-0.2, -0.15) is 5.10 Å². The first-order valence-corrected chi connectivity index (χ1v) is 7.55. The van der Waals surface area contributed by atoms with Gasteiger partial charge in [-0.1, -0.05) is 35.9 Å². The van der Waals surface area contributed by atoms with E-state index in [4.69, 9.17) is 4.74 Å². The van der Waals surface area contributed by atoms with Gasteiger partial charge in [-0.3, -0.25) is 4.79 Å². The predicted molar refractivity (Wildman–Crippen MR) is 92.9 cm³/mol. The average molecular weight is 310 g/mol. The Morgan fingerprint density at radius 3 is 2.22 bits per heavy atom. The van der Waals surface area contributed by atoms with Crippen molar-refractivity contribution in [3.63, 3.8) is 0 Å². The second-order valence-electron chi connectivity index (χ2n) is 5.71. The molecule has 0 aliphatic rings. The monoisotopic (exact) mass is 310 g/mol. The van der Waals surface area contributed by atoms with Crippen LogP contribution >= 0.6 is 0 Å². The van der Waals surface area contributed by atoms with Crippen molar-refractivity contribution in [2.24, 2.45) is 5.10 Å². The first kappa shape index (κ1) is 16.7. The van der Waals surface area contributed by atoms with Crippen LogP contribution in [0.2, 0.25) is 0 Å². The van der Waals surface area contributed by atoms with Crippen molar-refractivity contribution in [3.05, 3.63) is 64.7 Å².